The molecule has 1 unspecified atom stereocenters. The van der Waals surface area contributed by atoms with E-state index >= 15 is 0 Å². The van der Waals surface area contributed by atoms with Crippen LogP contribution in [0.15, 0.2) is 18.3 Å². The molecule has 1 fully saturated rings. The van der Waals surface area contributed by atoms with Gasteiger partial charge >= 0.3 is 5.97 Å². The number of halogens is 1. The van der Waals surface area contributed by atoms with E-state index in [0.29, 0.717) is 5.15 Å². The zero-order chi connectivity index (χ0) is 12.7. The number of carboxylic acids is 1. The average molecular weight is 266 g/mol. The van der Waals surface area contributed by atoms with E-state index in [1.807, 2.05) is 0 Å². The quantitative estimate of drug-likeness (QED) is 0.868. The molecular formula is C12H12ClN3O2. The molecule has 3 rings (SSSR count). The second kappa shape index (κ2) is 4.26. The second-order valence-corrected chi connectivity index (χ2v) is 4.79. The number of fused-ring (bicyclic) bond motifs is 1. The fraction of sp³-hybridized carbons (Fsp3) is 0.333. The Morgan fingerprint density at radius 3 is 3.06 bits per heavy atom. The summed E-state index contributed by atoms with van der Waals surface area (Å²) in [5.74, 6) is 0.175. The van der Waals surface area contributed by atoms with E-state index < -0.39 is 5.97 Å². The zero-order valence-electron chi connectivity index (χ0n) is 9.56. The van der Waals surface area contributed by atoms with E-state index in [2.05, 4.69) is 10.3 Å². The van der Waals surface area contributed by atoms with Gasteiger partial charge in [0.2, 0.25) is 0 Å². The maximum absolute atomic E-state index is 11.0. The lowest BCUT2D eigenvalue weighted by atomic mass is 10.1. The lowest BCUT2D eigenvalue weighted by Crippen LogP contribution is -2.10. The fourth-order valence-corrected chi connectivity index (χ4v) is 2.60. The van der Waals surface area contributed by atoms with Crippen molar-refractivity contribution in [2.75, 3.05) is 13.1 Å². The Hall–Kier alpha value is -1.59. The highest BCUT2D eigenvalue weighted by Gasteiger charge is 2.23. The minimum absolute atomic E-state index is 0.240. The standard InChI is InChI=1S/C12H12ClN3O2/c13-10-9-2-1-8(12(17)18)6-16(9)11(15-10)7-3-4-14-5-7/h1-2,6-7,14H,3-5H2,(H,17,18). The van der Waals surface area contributed by atoms with Gasteiger partial charge in [0, 0.05) is 18.7 Å². The van der Waals surface area contributed by atoms with Crippen LogP contribution in [-0.2, 0) is 0 Å². The molecule has 0 saturated carbocycles. The molecule has 0 spiro atoms. The molecule has 0 radical (unpaired) electrons. The highest BCUT2D eigenvalue weighted by Crippen LogP contribution is 2.27. The molecule has 94 valence electrons. The summed E-state index contributed by atoms with van der Waals surface area (Å²) >= 11 is 6.09. The molecule has 6 heteroatoms. The van der Waals surface area contributed by atoms with Crippen molar-refractivity contribution >= 4 is 23.1 Å². The highest BCUT2D eigenvalue weighted by molar-refractivity contribution is 6.32. The van der Waals surface area contributed by atoms with Gasteiger partial charge in [-0.3, -0.25) is 0 Å². The van der Waals surface area contributed by atoms with E-state index in [4.69, 9.17) is 16.7 Å². The van der Waals surface area contributed by atoms with Crippen molar-refractivity contribution in [1.82, 2.24) is 14.7 Å². The molecule has 1 saturated heterocycles. The molecule has 1 aliphatic heterocycles. The molecular weight excluding hydrogens is 254 g/mol. The lowest BCUT2D eigenvalue weighted by molar-refractivity contribution is 0.0696. The highest BCUT2D eigenvalue weighted by atomic mass is 35.5. The van der Waals surface area contributed by atoms with E-state index in [1.165, 1.54) is 0 Å². The summed E-state index contributed by atoms with van der Waals surface area (Å²) in [5.41, 5.74) is 0.993. The van der Waals surface area contributed by atoms with Crippen LogP contribution >= 0.6 is 11.6 Å². The monoisotopic (exact) mass is 265 g/mol. The largest absolute Gasteiger partial charge is 0.478 e. The van der Waals surface area contributed by atoms with Crippen molar-refractivity contribution in [2.45, 2.75) is 12.3 Å². The van der Waals surface area contributed by atoms with Crippen molar-refractivity contribution in [1.29, 1.82) is 0 Å². The number of carboxylic acid groups (broad SMARTS) is 1. The lowest BCUT2D eigenvalue weighted by Gasteiger charge is -2.07. The van der Waals surface area contributed by atoms with Gasteiger partial charge in [0.25, 0.3) is 0 Å². The summed E-state index contributed by atoms with van der Waals surface area (Å²) in [6.07, 6.45) is 2.58. The Morgan fingerprint density at radius 1 is 1.56 bits per heavy atom. The van der Waals surface area contributed by atoms with Gasteiger partial charge in [-0.05, 0) is 25.1 Å². The van der Waals surface area contributed by atoms with Crippen molar-refractivity contribution in [2.24, 2.45) is 0 Å². The summed E-state index contributed by atoms with van der Waals surface area (Å²) in [7, 11) is 0. The molecule has 18 heavy (non-hydrogen) atoms. The van der Waals surface area contributed by atoms with E-state index in [0.717, 1.165) is 30.9 Å². The van der Waals surface area contributed by atoms with E-state index in [9.17, 15) is 4.79 Å². The topological polar surface area (TPSA) is 66.6 Å². The minimum atomic E-state index is -0.947. The van der Waals surface area contributed by atoms with Crippen LogP contribution in [0.25, 0.3) is 5.52 Å². The van der Waals surface area contributed by atoms with Gasteiger partial charge in [-0.2, -0.15) is 0 Å². The van der Waals surface area contributed by atoms with E-state index in [1.54, 1.807) is 22.7 Å². The molecule has 1 atom stereocenters. The number of aromatic nitrogens is 2. The number of imidazole rings is 1. The van der Waals surface area contributed by atoms with Crippen LogP contribution in [0, 0.1) is 0 Å². The third kappa shape index (κ3) is 1.76. The van der Waals surface area contributed by atoms with Crippen LogP contribution in [0.3, 0.4) is 0 Å². The first-order valence-electron chi connectivity index (χ1n) is 5.78. The molecule has 0 bridgehead atoms. The van der Waals surface area contributed by atoms with Crippen molar-refractivity contribution in [3.05, 3.63) is 34.9 Å². The van der Waals surface area contributed by atoms with Crippen molar-refractivity contribution < 1.29 is 9.90 Å². The number of nitrogens with one attached hydrogen (secondary N) is 1. The molecule has 2 N–H and O–H groups in total. The summed E-state index contributed by atoms with van der Waals surface area (Å²) in [6.45, 7) is 1.81. The predicted molar refractivity (Wildman–Crippen MR) is 67.4 cm³/mol. The van der Waals surface area contributed by atoms with Gasteiger partial charge in [0.1, 0.15) is 5.82 Å². The summed E-state index contributed by atoms with van der Waals surface area (Å²) in [6, 6.07) is 3.24. The van der Waals surface area contributed by atoms with Gasteiger partial charge in [0.15, 0.2) is 5.15 Å². The first kappa shape index (κ1) is 11.5. The smallest absolute Gasteiger partial charge is 0.337 e. The molecule has 2 aromatic heterocycles. The molecule has 3 heterocycles. The fourth-order valence-electron chi connectivity index (χ4n) is 2.36. The molecule has 5 nitrogen and oxygen atoms in total. The Kier molecular flexibility index (Phi) is 2.72. The number of pyridine rings is 1. The second-order valence-electron chi connectivity index (χ2n) is 4.43. The summed E-state index contributed by atoms with van der Waals surface area (Å²) in [4.78, 5) is 15.4. The van der Waals surface area contributed by atoms with Gasteiger partial charge in [-0.25, -0.2) is 9.78 Å². The third-order valence-corrected chi connectivity index (χ3v) is 3.57. The van der Waals surface area contributed by atoms with Crippen LogP contribution < -0.4 is 5.32 Å². The third-order valence-electron chi connectivity index (χ3n) is 3.29. The number of carbonyl (C=O) groups is 1. The predicted octanol–water partition coefficient (Wildman–Crippen LogP) is 1.76. The van der Waals surface area contributed by atoms with Crippen LogP contribution in [-0.4, -0.2) is 33.6 Å². The van der Waals surface area contributed by atoms with Gasteiger partial charge in [-0.1, -0.05) is 11.6 Å². The number of rotatable bonds is 2. The number of aromatic carboxylic acids is 1. The van der Waals surface area contributed by atoms with E-state index in [-0.39, 0.29) is 11.5 Å². The SMILES string of the molecule is O=C(O)c1ccc2c(Cl)nc(C3CCNC3)n2c1. The maximum atomic E-state index is 11.0. The number of hydrogen-bond acceptors (Lipinski definition) is 3. The Bertz CT molecular complexity index is 617. The molecule has 1 aliphatic rings. The van der Waals surface area contributed by atoms with Crippen LogP contribution in [0.5, 0.6) is 0 Å². The van der Waals surface area contributed by atoms with Crippen molar-refractivity contribution in [3.8, 4) is 0 Å². The van der Waals surface area contributed by atoms with Gasteiger partial charge < -0.3 is 14.8 Å². The van der Waals surface area contributed by atoms with Crippen LogP contribution in [0.1, 0.15) is 28.5 Å². The normalized spacial score (nSPS) is 19.5. The zero-order valence-corrected chi connectivity index (χ0v) is 10.3. The van der Waals surface area contributed by atoms with Gasteiger partial charge in [-0.15, -0.1) is 0 Å². The first-order valence-corrected chi connectivity index (χ1v) is 6.16. The van der Waals surface area contributed by atoms with Crippen LogP contribution in [0.4, 0.5) is 0 Å². The average Bonchev–Trinajstić information content (AvgIpc) is 2.97. The number of hydrogen-bond donors (Lipinski definition) is 2. The first-order chi connectivity index (χ1) is 8.66. The Balaban J connectivity index is 2.18. The van der Waals surface area contributed by atoms with Gasteiger partial charge in [0.05, 0.1) is 11.1 Å². The number of nitrogens with zero attached hydrogens (tertiary/aromatic N) is 2. The molecule has 0 aromatic carbocycles. The van der Waals surface area contributed by atoms with Crippen LogP contribution in [0.2, 0.25) is 5.15 Å². The minimum Gasteiger partial charge on any atom is -0.478 e. The molecule has 0 amide bonds. The molecule has 0 aliphatic carbocycles. The summed E-state index contributed by atoms with van der Waals surface area (Å²) in [5, 5.41) is 12.7. The Morgan fingerprint density at radius 2 is 2.39 bits per heavy atom. The Labute approximate surface area is 108 Å². The summed E-state index contributed by atoms with van der Waals surface area (Å²) < 4.78 is 1.80. The van der Waals surface area contributed by atoms with Crippen molar-refractivity contribution in [3.63, 3.8) is 0 Å². The molecule has 2 aromatic rings. The maximum Gasteiger partial charge on any atom is 0.337 e.